The highest BCUT2D eigenvalue weighted by Gasteiger charge is 2.37. The molecule has 9 nitrogen and oxygen atoms in total. The third-order valence-corrected chi connectivity index (χ3v) is 11.9. The van der Waals surface area contributed by atoms with Crippen LogP contribution in [0.1, 0.15) is 37.5 Å². The highest BCUT2D eigenvalue weighted by Crippen LogP contribution is 2.37. The van der Waals surface area contributed by atoms with E-state index in [2.05, 4.69) is 69.7 Å². The first-order chi connectivity index (χ1) is 17.9. The number of nitrogens with zero attached hydrogens (tertiary/aromatic N) is 5. The fourth-order valence-corrected chi connectivity index (χ4v) is 5.00. The predicted molar refractivity (Wildman–Crippen MR) is 150 cm³/mol. The lowest BCUT2D eigenvalue weighted by Gasteiger charge is -2.36. The number of methoxy groups -OCH3 is 1. The average molecular weight is 604 g/mol. The van der Waals surface area contributed by atoms with Crippen LogP contribution in [0.25, 0.3) is 11.2 Å². The Morgan fingerprint density at radius 2 is 1.82 bits per heavy atom. The van der Waals surface area contributed by atoms with Gasteiger partial charge < -0.3 is 19.6 Å². The Bertz CT molecular complexity index is 1460. The maximum atomic E-state index is 13.8. The maximum Gasteiger partial charge on any atom is 0.312 e. The number of hydrogen-bond donors (Lipinski definition) is 1. The molecule has 12 heteroatoms. The number of fused-ring (bicyclic) bond motifs is 1. The maximum absolute atomic E-state index is 13.8. The minimum absolute atomic E-state index is 0.00447. The van der Waals surface area contributed by atoms with E-state index in [1.165, 1.54) is 0 Å². The molecule has 0 spiro atoms. The molecule has 0 saturated heterocycles. The summed E-state index contributed by atoms with van der Waals surface area (Å²) in [5, 5.41) is 0.101. The highest BCUT2D eigenvalue weighted by atomic mass is 79.9. The van der Waals surface area contributed by atoms with Crippen LogP contribution in [0.2, 0.25) is 18.1 Å². The summed E-state index contributed by atoms with van der Waals surface area (Å²) < 4.78 is 33.9. The Balaban J connectivity index is 1.48. The number of pyridine rings is 1. The number of ether oxygens (including phenoxy) is 2. The lowest BCUT2D eigenvalue weighted by molar-refractivity contribution is 0.264. The van der Waals surface area contributed by atoms with E-state index in [0.717, 1.165) is 16.7 Å². The first-order valence-corrected chi connectivity index (χ1v) is 15.8. The van der Waals surface area contributed by atoms with Gasteiger partial charge in [0.05, 0.1) is 26.5 Å². The van der Waals surface area contributed by atoms with Gasteiger partial charge >= 0.3 is 6.08 Å². The monoisotopic (exact) mass is 602 g/mol. The van der Waals surface area contributed by atoms with Crippen LogP contribution in [0, 0.1) is 6.08 Å². The van der Waals surface area contributed by atoms with E-state index >= 15 is 0 Å². The van der Waals surface area contributed by atoms with Gasteiger partial charge in [-0.15, -0.1) is 0 Å². The van der Waals surface area contributed by atoms with E-state index in [9.17, 15) is 4.39 Å². The Labute approximate surface area is 230 Å². The summed E-state index contributed by atoms with van der Waals surface area (Å²) in [5.74, 6) is 1.14. The first kappa shape index (κ1) is 27.9. The summed E-state index contributed by atoms with van der Waals surface area (Å²) >= 11 is 3.41. The molecule has 0 amide bonds. The molecular formula is C26H32BrFN6O3Si. The van der Waals surface area contributed by atoms with E-state index in [1.807, 2.05) is 30.3 Å². The lowest BCUT2D eigenvalue weighted by atomic mass is 10.1. The van der Waals surface area contributed by atoms with Gasteiger partial charge in [-0.25, -0.2) is 9.97 Å². The molecule has 4 rings (SSSR count). The first-order valence-electron chi connectivity index (χ1n) is 12.1. The molecule has 0 aliphatic rings. The van der Waals surface area contributed by atoms with Crippen molar-refractivity contribution in [3.05, 3.63) is 64.0 Å². The van der Waals surface area contributed by atoms with Crippen molar-refractivity contribution in [1.82, 2.24) is 24.5 Å². The normalized spacial score (nSPS) is 12.2. The highest BCUT2D eigenvalue weighted by molar-refractivity contribution is 9.10. The summed E-state index contributed by atoms with van der Waals surface area (Å²) in [6, 6.07) is 9.73. The van der Waals surface area contributed by atoms with Gasteiger partial charge in [0.25, 0.3) is 0 Å². The third kappa shape index (κ3) is 6.13. The second kappa shape index (κ2) is 10.9. The molecule has 0 saturated carbocycles. The minimum Gasteiger partial charge on any atom is -0.495 e. The zero-order valence-electron chi connectivity index (χ0n) is 22.4. The zero-order valence-corrected chi connectivity index (χ0v) is 25.0. The largest absolute Gasteiger partial charge is 0.495 e. The molecule has 0 aliphatic carbocycles. The topological polar surface area (TPSA) is 110 Å². The van der Waals surface area contributed by atoms with Crippen molar-refractivity contribution in [3.63, 3.8) is 0 Å². The van der Waals surface area contributed by atoms with Gasteiger partial charge in [0.15, 0.2) is 30.0 Å². The molecule has 3 aromatic heterocycles. The quantitative estimate of drug-likeness (QED) is 0.144. The third-order valence-electron chi connectivity index (χ3n) is 6.80. The fourth-order valence-electron chi connectivity index (χ4n) is 3.58. The molecule has 2 N–H and O–H groups in total. The number of aromatic nitrogens is 5. The number of anilines is 1. The molecule has 0 unspecified atom stereocenters. The number of rotatable bonds is 9. The van der Waals surface area contributed by atoms with Crippen LogP contribution in [0.3, 0.4) is 0 Å². The summed E-state index contributed by atoms with van der Waals surface area (Å²) in [7, 11) is -0.315. The van der Waals surface area contributed by atoms with Crippen molar-refractivity contribution in [2.24, 2.45) is 0 Å². The molecule has 3 heterocycles. The van der Waals surface area contributed by atoms with Crippen LogP contribution in [0.4, 0.5) is 10.2 Å². The van der Waals surface area contributed by atoms with E-state index in [0.29, 0.717) is 47.3 Å². The van der Waals surface area contributed by atoms with Crippen molar-refractivity contribution in [2.45, 2.75) is 58.7 Å². The van der Waals surface area contributed by atoms with Gasteiger partial charge in [0.2, 0.25) is 5.88 Å². The second-order valence-electron chi connectivity index (χ2n) is 10.5. The number of imidazole rings is 1. The smallest absolute Gasteiger partial charge is 0.312 e. The van der Waals surface area contributed by atoms with Gasteiger partial charge in [-0.05, 0) is 45.2 Å². The van der Waals surface area contributed by atoms with Crippen molar-refractivity contribution in [2.75, 3.05) is 12.8 Å². The lowest BCUT2D eigenvalue weighted by Crippen LogP contribution is -2.40. The number of nitrogens with two attached hydrogens (primary N) is 1. The van der Waals surface area contributed by atoms with E-state index in [1.54, 1.807) is 17.9 Å². The number of halogens is 2. The number of hydrogen-bond acceptors (Lipinski definition) is 8. The zero-order chi connectivity index (χ0) is 27.7. The summed E-state index contributed by atoms with van der Waals surface area (Å²) in [5.41, 5.74) is 9.27. The summed E-state index contributed by atoms with van der Waals surface area (Å²) in [6.45, 7) is 12.2. The van der Waals surface area contributed by atoms with Crippen LogP contribution >= 0.6 is 15.9 Å². The van der Waals surface area contributed by atoms with Crippen molar-refractivity contribution in [3.8, 4) is 11.6 Å². The van der Waals surface area contributed by atoms with Gasteiger partial charge in [-0.3, -0.25) is 4.57 Å². The molecule has 202 valence electrons. The van der Waals surface area contributed by atoms with Crippen molar-refractivity contribution >= 4 is 41.2 Å². The number of benzene rings is 1. The van der Waals surface area contributed by atoms with Crippen LogP contribution in [0.5, 0.6) is 11.6 Å². The van der Waals surface area contributed by atoms with Crippen LogP contribution in [-0.4, -0.2) is 39.9 Å². The Morgan fingerprint density at radius 1 is 1.08 bits per heavy atom. The van der Waals surface area contributed by atoms with Gasteiger partial charge in [-0.1, -0.05) is 45.0 Å². The van der Waals surface area contributed by atoms with Crippen molar-refractivity contribution in [1.29, 1.82) is 0 Å². The predicted octanol–water partition coefficient (Wildman–Crippen LogP) is 5.86. The Morgan fingerprint density at radius 3 is 2.53 bits per heavy atom. The summed E-state index contributed by atoms with van der Waals surface area (Å²) in [6.07, 6.45) is 0.761. The molecule has 0 fully saturated rings. The standard InChI is InChI=1S/C26H32BrFN6O3Si/c1-26(2,3)38(5,6)37-15-18-11-20(30-12-19(18)35-4)36-14-17-9-7-8-16(10-17)13-34-23-21(31-24(34)27)22(29)32-25(28)33-23/h7-12H,13-15H2,1-6H3,(H2,29,32,33). The average Bonchev–Trinajstić information content (AvgIpc) is 3.16. The van der Waals surface area contributed by atoms with E-state index < -0.39 is 14.4 Å². The second-order valence-corrected chi connectivity index (χ2v) is 16.0. The fraction of sp³-hybridized carbons (Fsp3) is 0.385. The molecule has 0 atom stereocenters. The molecule has 1 aromatic carbocycles. The molecule has 0 aliphatic heterocycles. The SMILES string of the molecule is COc1cnc(OCc2cccc(Cn3c(Br)nc4c(N)nc(F)nc43)c2)cc1CO[Si](C)(C)C(C)(C)C. The van der Waals surface area contributed by atoms with Crippen LogP contribution in [-0.2, 0) is 24.2 Å². The Hall–Kier alpha value is -3.09. The molecule has 4 aromatic rings. The van der Waals surface area contributed by atoms with E-state index in [4.69, 9.17) is 19.6 Å². The van der Waals surface area contributed by atoms with E-state index in [-0.39, 0.29) is 10.9 Å². The number of nitrogen functional groups attached to an aromatic ring is 1. The van der Waals surface area contributed by atoms with Crippen molar-refractivity contribution < 1.29 is 18.3 Å². The molecule has 38 heavy (non-hydrogen) atoms. The molecule has 0 radical (unpaired) electrons. The van der Waals surface area contributed by atoms with Gasteiger partial charge in [-0.2, -0.15) is 14.4 Å². The van der Waals surface area contributed by atoms with Gasteiger partial charge in [0.1, 0.15) is 12.4 Å². The molecular weight excluding hydrogens is 571 g/mol. The summed E-state index contributed by atoms with van der Waals surface area (Å²) in [4.78, 5) is 16.1. The van der Waals surface area contributed by atoms with Gasteiger partial charge in [0, 0.05) is 11.6 Å². The minimum atomic E-state index is -1.94. The van der Waals surface area contributed by atoms with Crippen LogP contribution < -0.4 is 15.2 Å². The Kier molecular flexibility index (Phi) is 8.05. The van der Waals surface area contributed by atoms with Crippen LogP contribution in [0.15, 0.2) is 41.3 Å². The molecule has 0 bridgehead atoms.